The van der Waals surface area contributed by atoms with Crippen LogP contribution in [0.15, 0.2) is 6.33 Å². The molecule has 38 heavy (non-hydrogen) atoms. The number of aromatic nitrogens is 4. The molecule has 210 valence electrons. The maximum absolute atomic E-state index is 12.0. The van der Waals surface area contributed by atoms with Gasteiger partial charge in [0.25, 0.3) is 0 Å². The molecule has 2 aromatic rings. The molecule has 1 aliphatic heterocycles. The van der Waals surface area contributed by atoms with Gasteiger partial charge in [0, 0.05) is 6.04 Å². The highest BCUT2D eigenvalue weighted by Crippen LogP contribution is 2.56. The van der Waals surface area contributed by atoms with E-state index in [0.29, 0.717) is 23.2 Å². The first kappa shape index (κ1) is 27.0. The van der Waals surface area contributed by atoms with E-state index < -0.39 is 52.2 Å². The maximum atomic E-state index is 12.0. The number of nitrogens with zero attached hydrogens (tertiary/aromatic N) is 4. The number of aliphatic hydroxyl groups excluding tert-OH is 2. The fourth-order valence-electron chi connectivity index (χ4n) is 7.06. The van der Waals surface area contributed by atoms with Crippen molar-refractivity contribution in [3.8, 4) is 0 Å². The molecule has 0 radical (unpaired) electrons. The molecule has 3 unspecified atom stereocenters. The Morgan fingerprint density at radius 1 is 1.05 bits per heavy atom. The first-order valence-electron chi connectivity index (χ1n) is 12.6. The van der Waals surface area contributed by atoms with Gasteiger partial charge in [-0.3, -0.25) is 13.7 Å². The van der Waals surface area contributed by atoms with E-state index >= 15 is 0 Å². The van der Waals surface area contributed by atoms with Crippen molar-refractivity contribution in [2.24, 2.45) is 23.7 Å². The minimum absolute atomic E-state index is 0.0304. The van der Waals surface area contributed by atoms with Crippen molar-refractivity contribution in [1.82, 2.24) is 19.5 Å². The summed E-state index contributed by atoms with van der Waals surface area (Å²) in [4.78, 5) is 40.7. The lowest BCUT2D eigenvalue weighted by Gasteiger charge is -2.54. The highest BCUT2D eigenvalue weighted by Gasteiger charge is 2.49. The van der Waals surface area contributed by atoms with Crippen LogP contribution in [-0.4, -0.2) is 81.3 Å². The number of fused-ring (bicyclic) bond motifs is 1. The predicted octanol–water partition coefficient (Wildman–Crippen LogP) is 1.67. The van der Waals surface area contributed by atoms with E-state index in [4.69, 9.17) is 30.6 Å². The Bertz CT molecular complexity index is 1300. The van der Waals surface area contributed by atoms with Gasteiger partial charge in [-0.1, -0.05) is 0 Å². The van der Waals surface area contributed by atoms with Gasteiger partial charge in [0.15, 0.2) is 29.1 Å². The molecule has 17 heteroatoms. The van der Waals surface area contributed by atoms with E-state index in [0.717, 1.165) is 11.8 Å². The lowest BCUT2D eigenvalue weighted by Crippen LogP contribution is -2.51. The highest BCUT2D eigenvalue weighted by atomic mass is 35.5. The van der Waals surface area contributed by atoms with Crippen LogP contribution in [0.1, 0.15) is 38.3 Å². The molecule has 0 aromatic carbocycles. The van der Waals surface area contributed by atoms with E-state index in [1.165, 1.54) is 43.0 Å². The molecule has 0 amide bonds. The molecule has 4 bridgehead atoms. The SMILES string of the molecule is O=P(O)(O)CP(=O)(O)OC[C@H]1O[C@@H](n2cnc3c(NC4C5CC6CC(C5)CC4C6)nc(Cl)nc32)C(O)C1O. The highest BCUT2D eigenvalue weighted by molar-refractivity contribution is 7.70. The number of rotatable bonds is 8. The van der Waals surface area contributed by atoms with Gasteiger partial charge >= 0.3 is 15.2 Å². The number of ether oxygens (including phenoxy) is 1. The standard InChI is InChI=1S/C21H30ClN5O9P2/c22-21-25-18(24-14-11-2-9-1-10(4-11)5-12(14)3-9)15-19(26-21)27(7-23-15)20-17(29)16(28)13(36-20)6-35-38(33,34)8-37(30,31)32/h7,9-14,16-17,20,28-29H,1-6,8H2,(H,33,34)(H,24,25,26)(H2,30,31,32)/t9?,10?,11?,12?,13-,14?,16?,17?,20-/m1/s1. The number of hydrogen-bond donors (Lipinski definition) is 6. The fourth-order valence-corrected chi connectivity index (χ4v) is 9.79. The third-order valence-corrected chi connectivity index (χ3v) is 12.0. The van der Waals surface area contributed by atoms with Crippen LogP contribution >= 0.6 is 26.8 Å². The van der Waals surface area contributed by atoms with Gasteiger partial charge in [0.05, 0.1) is 12.9 Å². The molecule has 1 saturated heterocycles. The molecule has 5 fully saturated rings. The van der Waals surface area contributed by atoms with E-state index in [1.54, 1.807) is 0 Å². The molecule has 4 saturated carbocycles. The second kappa shape index (κ2) is 9.73. The van der Waals surface area contributed by atoms with E-state index in [-0.39, 0.29) is 17.0 Å². The predicted molar refractivity (Wildman–Crippen MR) is 133 cm³/mol. The van der Waals surface area contributed by atoms with Crippen molar-refractivity contribution in [2.45, 2.75) is 62.7 Å². The molecule has 7 rings (SSSR count). The molecule has 2 aromatic heterocycles. The van der Waals surface area contributed by atoms with Gasteiger partial charge in [-0.15, -0.1) is 0 Å². The Kier molecular flexibility index (Phi) is 6.91. The van der Waals surface area contributed by atoms with Crippen molar-refractivity contribution in [1.29, 1.82) is 0 Å². The number of halogens is 1. The zero-order valence-electron chi connectivity index (χ0n) is 20.2. The van der Waals surface area contributed by atoms with Crippen LogP contribution in [-0.2, 0) is 18.4 Å². The van der Waals surface area contributed by atoms with Crippen molar-refractivity contribution in [3.05, 3.63) is 11.6 Å². The Hall–Kier alpha value is -1.18. The van der Waals surface area contributed by atoms with Gasteiger partial charge in [-0.2, -0.15) is 9.97 Å². The van der Waals surface area contributed by atoms with E-state index in [2.05, 4.69) is 20.3 Å². The summed E-state index contributed by atoms with van der Waals surface area (Å²) in [5, 5.41) is 24.7. The quantitative estimate of drug-likeness (QED) is 0.190. The Morgan fingerprint density at radius 2 is 1.71 bits per heavy atom. The van der Waals surface area contributed by atoms with Gasteiger partial charge < -0.3 is 39.5 Å². The van der Waals surface area contributed by atoms with E-state index in [1.807, 2.05) is 0 Å². The van der Waals surface area contributed by atoms with Crippen molar-refractivity contribution in [2.75, 3.05) is 17.8 Å². The molecule has 6 N–H and O–H groups in total. The molecule has 14 nitrogen and oxygen atoms in total. The van der Waals surface area contributed by atoms with E-state index in [9.17, 15) is 24.2 Å². The van der Waals surface area contributed by atoms with Crippen molar-refractivity contribution >= 4 is 43.8 Å². The summed E-state index contributed by atoms with van der Waals surface area (Å²) in [7, 11) is -9.49. The number of nitrogens with one attached hydrogen (secondary N) is 1. The monoisotopic (exact) mass is 593 g/mol. The van der Waals surface area contributed by atoms with Gasteiger partial charge in [-0.05, 0) is 67.4 Å². The average Bonchev–Trinajstić information content (AvgIpc) is 3.33. The second-order valence-electron chi connectivity index (χ2n) is 11.1. The van der Waals surface area contributed by atoms with Crippen LogP contribution in [0.25, 0.3) is 11.2 Å². The first-order valence-corrected chi connectivity index (χ1v) is 16.5. The number of imidazole rings is 1. The molecular weight excluding hydrogens is 564 g/mol. The zero-order chi connectivity index (χ0) is 27.0. The van der Waals surface area contributed by atoms with Crippen LogP contribution in [0.3, 0.4) is 0 Å². The zero-order valence-corrected chi connectivity index (χ0v) is 22.7. The normalized spacial score (nSPS) is 38.1. The fraction of sp³-hybridized carbons (Fsp3) is 0.762. The summed E-state index contributed by atoms with van der Waals surface area (Å²) in [5.41, 5.74) is 0.693. The van der Waals surface area contributed by atoms with Gasteiger partial charge in [0.1, 0.15) is 18.3 Å². The topological polar surface area (TPSA) is 209 Å². The summed E-state index contributed by atoms with van der Waals surface area (Å²) < 4.78 is 34.9. The first-order chi connectivity index (χ1) is 17.9. The molecule has 5 aliphatic rings. The maximum Gasteiger partial charge on any atom is 0.340 e. The second-order valence-corrected chi connectivity index (χ2v) is 15.4. The molecular formula is C21H30ClN5O9P2. The number of aliphatic hydroxyl groups is 2. The summed E-state index contributed by atoms with van der Waals surface area (Å²) in [6.45, 7) is -0.690. The van der Waals surface area contributed by atoms with Crippen LogP contribution in [0.2, 0.25) is 5.28 Å². The summed E-state index contributed by atoms with van der Waals surface area (Å²) in [5.74, 6) is 1.87. The minimum Gasteiger partial charge on any atom is -0.387 e. The molecule has 0 spiro atoms. The number of anilines is 1. The van der Waals surface area contributed by atoms with Gasteiger partial charge in [0.2, 0.25) is 5.28 Å². The average molecular weight is 594 g/mol. The largest absolute Gasteiger partial charge is 0.387 e. The summed E-state index contributed by atoms with van der Waals surface area (Å²) in [6, 6.07) is 0.265. The Labute approximate surface area is 222 Å². The molecule has 3 heterocycles. The van der Waals surface area contributed by atoms with Crippen LogP contribution in [0.4, 0.5) is 5.82 Å². The van der Waals surface area contributed by atoms with Gasteiger partial charge in [-0.25, -0.2) is 4.98 Å². The number of hydrogen-bond acceptors (Lipinski definition) is 10. The van der Waals surface area contributed by atoms with Crippen LogP contribution in [0, 0.1) is 23.7 Å². The lowest BCUT2D eigenvalue weighted by molar-refractivity contribution is -0.0483. The van der Waals surface area contributed by atoms with Crippen LogP contribution in [0.5, 0.6) is 0 Å². The summed E-state index contributed by atoms with van der Waals surface area (Å²) in [6.07, 6.45) is 2.07. The third-order valence-electron chi connectivity index (χ3n) is 8.34. The van der Waals surface area contributed by atoms with Crippen LogP contribution < -0.4 is 5.32 Å². The Morgan fingerprint density at radius 3 is 2.34 bits per heavy atom. The lowest BCUT2D eigenvalue weighted by atomic mass is 9.54. The summed E-state index contributed by atoms with van der Waals surface area (Å²) >= 11 is 6.28. The van der Waals surface area contributed by atoms with Crippen molar-refractivity contribution < 1.29 is 43.3 Å². The molecule has 5 atom stereocenters. The van der Waals surface area contributed by atoms with Crippen molar-refractivity contribution in [3.63, 3.8) is 0 Å². The molecule has 4 aliphatic carbocycles. The third kappa shape index (κ3) is 5.16. The Balaban J connectivity index is 1.21. The smallest absolute Gasteiger partial charge is 0.340 e. The minimum atomic E-state index is -4.82.